The SMILES string of the molecule is CCOc1ccc(NS(=O)(=O)c2cc(NC(=O)/C=C/c3cccc([N+](=O)[O-])c3)ccc2OC)cc1. The molecule has 1 amide bonds. The van der Waals surface area contributed by atoms with Crippen LogP contribution in [0.2, 0.25) is 0 Å². The molecule has 0 aliphatic carbocycles. The molecule has 3 aromatic rings. The number of ether oxygens (including phenoxy) is 2. The Labute approximate surface area is 202 Å². The van der Waals surface area contributed by atoms with E-state index in [1.807, 2.05) is 6.92 Å². The van der Waals surface area contributed by atoms with Crippen LogP contribution in [0.3, 0.4) is 0 Å². The number of nitro benzene ring substituents is 1. The molecule has 0 spiro atoms. The lowest BCUT2D eigenvalue weighted by Crippen LogP contribution is -2.15. The van der Waals surface area contributed by atoms with Gasteiger partial charge in [0.05, 0.1) is 18.6 Å². The van der Waals surface area contributed by atoms with Crippen molar-refractivity contribution in [1.29, 1.82) is 0 Å². The highest BCUT2D eigenvalue weighted by Crippen LogP contribution is 2.29. The van der Waals surface area contributed by atoms with Crippen molar-refractivity contribution in [2.24, 2.45) is 0 Å². The van der Waals surface area contributed by atoms with Crippen LogP contribution in [-0.2, 0) is 14.8 Å². The fraction of sp³-hybridized carbons (Fsp3) is 0.125. The summed E-state index contributed by atoms with van der Waals surface area (Å²) in [7, 11) is -2.72. The maximum Gasteiger partial charge on any atom is 0.270 e. The molecule has 2 N–H and O–H groups in total. The molecular weight excluding hydrogens is 474 g/mol. The molecule has 0 aromatic heterocycles. The number of benzene rings is 3. The maximum atomic E-state index is 13.0. The standard InChI is InChI=1S/C24H23N3O7S/c1-3-34-21-11-8-18(9-12-21)26-35(31,32)23-16-19(10-13-22(23)33-2)25-24(28)14-7-17-5-4-6-20(15-17)27(29)30/h4-16,26H,3H2,1-2H3,(H,25,28)/b14-7+. The van der Waals surface area contributed by atoms with Crippen molar-refractivity contribution in [3.8, 4) is 11.5 Å². The van der Waals surface area contributed by atoms with E-state index in [-0.39, 0.29) is 22.0 Å². The number of carbonyl (C=O) groups excluding carboxylic acids is 1. The monoisotopic (exact) mass is 497 g/mol. The lowest BCUT2D eigenvalue weighted by Gasteiger charge is -2.14. The van der Waals surface area contributed by atoms with Gasteiger partial charge in [0.15, 0.2) is 0 Å². The molecule has 182 valence electrons. The predicted molar refractivity (Wildman–Crippen MR) is 132 cm³/mol. The smallest absolute Gasteiger partial charge is 0.270 e. The molecule has 0 aliphatic heterocycles. The third kappa shape index (κ3) is 6.81. The lowest BCUT2D eigenvalue weighted by molar-refractivity contribution is -0.384. The van der Waals surface area contributed by atoms with Crippen molar-refractivity contribution in [2.75, 3.05) is 23.8 Å². The van der Waals surface area contributed by atoms with Gasteiger partial charge in [-0.2, -0.15) is 0 Å². The van der Waals surface area contributed by atoms with Crippen LogP contribution in [0.1, 0.15) is 12.5 Å². The van der Waals surface area contributed by atoms with E-state index in [4.69, 9.17) is 9.47 Å². The molecule has 11 heteroatoms. The largest absolute Gasteiger partial charge is 0.495 e. The number of non-ortho nitro benzene ring substituents is 1. The Kier molecular flexibility index (Phi) is 8.05. The molecule has 0 bridgehead atoms. The zero-order valence-corrected chi connectivity index (χ0v) is 19.7. The number of carbonyl (C=O) groups is 1. The van der Waals surface area contributed by atoms with Gasteiger partial charge >= 0.3 is 0 Å². The summed E-state index contributed by atoms with van der Waals surface area (Å²) in [6.45, 7) is 2.33. The second-order valence-electron chi connectivity index (χ2n) is 7.10. The fourth-order valence-electron chi connectivity index (χ4n) is 3.06. The predicted octanol–water partition coefficient (Wildman–Crippen LogP) is 4.45. The zero-order valence-electron chi connectivity index (χ0n) is 18.9. The van der Waals surface area contributed by atoms with E-state index >= 15 is 0 Å². The Morgan fingerprint density at radius 2 is 1.77 bits per heavy atom. The highest BCUT2D eigenvalue weighted by atomic mass is 32.2. The van der Waals surface area contributed by atoms with Gasteiger partial charge in [-0.1, -0.05) is 12.1 Å². The summed E-state index contributed by atoms with van der Waals surface area (Å²) >= 11 is 0. The summed E-state index contributed by atoms with van der Waals surface area (Å²) in [4.78, 5) is 22.5. The van der Waals surface area contributed by atoms with Crippen LogP contribution in [0.25, 0.3) is 6.08 Å². The van der Waals surface area contributed by atoms with Gasteiger partial charge < -0.3 is 14.8 Å². The molecule has 10 nitrogen and oxygen atoms in total. The summed E-state index contributed by atoms with van der Waals surface area (Å²) in [5.74, 6) is 0.147. The average molecular weight is 498 g/mol. The summed E-state index contributed by atoms with van der Waals surface area (Å²) in [6.07, 6.45) is 2.60. The second kappa shape index (κ2) is 11.2. The summed E-state index contributed by atoms with van der Waals surface area (Å²) in [6, 6.07) is 16.4. The van der Waals surface area contributed by atoms with E-state index < -0.39 is 20.9 Å². The summed E-state index contributed by atoms with van der Waals surface area (Å²) in [5, 5.41) is 13.5. The van der Waals surface area contributed by atoms with Crippen molar-refractivity contribution in [2.45, 2.75) is 11.8 Å². The molecule has 0 aliphatic rings. The number of methoxy groups -OCH3 is 1. The van der Waals surface area contributed by atoms with Crippen LogP contribution in [0.5, 0.6) is 11.5 Å². The minimum absolute atomic E-state index is 0.0913. The average Bonchev–Trinajstić information content (AvgIpc) is 2.84. The molecule has 3 aromatic carbocycles. The van der Waals surface area contributed by atoms with Crippen LogP contribution in [0.4, 0.5) is 17.1 Å². The Balaban J connectivity index is 1.78. The topological polar surface area (TPSA) is 137 Å². The van der Waals surface area contributed by atoms with Crippen LogP contribution in [0, 0.1) is 10.1 Å². The zero-order chi connectivity index (χ0) is 25.4. The van der Waals surface area contributed by atoms with E-state index in [9.17, 15) is 23.3 Å². The lowest BCUT2D eigenvalue weighted by atomic mass is 10.2. The third-order valence-corrected chi connectivity index (χ3v) is 6.05. The van der Waals surface area contributed by atoms with Gasteiger partial charge in [-0.25, -0.2) is 8.42 Å². The number of amides is 1. The molecule has 0 heterocycles. The molecule has 0 saturated carbocycles. The maximum absolute atomic E-state index is 13.0. The van der Waals surface area contributed by atoms with Crippen molar-refractivity contribution >= 4 is 39.1 Å². The van der Waals surface area contributed by atoms with Crippen LogP contribution >= 0.6 is 0 Å². The van der Waals surface area contributed by atoms with Gasteiger partial charge in [0.2, 0.25) is 5.91 Å². The fourth-order valence-corrected chi connectivity index (χ4v) is 4.31. The third-order valence-electron chi connectivity index (χ3n) is 4.65. The van der Waals surface area contributed by atoms with Gasteiger partial charge in [-0.05, 0) is 61.0 Å². The van der Waals surface area contributed by atoms with Crippen LogP contribution in [0.15, 0.2) is 77.7 Å². The van der Waals surface area contributed by atoms with Gasteiger partial charge in [0.25, 0.3) is 15.7 Å². The molecule has 0 unspecified atom stereocenters. The first-order valence-electron chi connectivity index (χ1n) is 10.4. The van der Waals surface area contributed by atoms with Crippen molar-refractivity contribution in [3.63, 3.8) is 0 Å². The van der Waals surface area contributed by atoms with Gasteiger partial charge in [-0.15, -0.1) is 0 Å². The van der Waals surface area contributed by atoms with Gasteiger partial charge in [0.1, 0.15) is 16.4 Å². The number of hydrogen-bond donors (Lipinski definition) is 2. The summed E-state index contributed by atoms with van der Waals surface area (Å²) < 4.78 is 39.1. The minimum atomic E-state index is -4.06. The van der Waals surface area contributed by atoms with E-state index in [2.05, 4.69) is 10.0 Å². The number of nitro groups is 1. The van der Waals surface area contributed by atoms with Crippen LogP contribution < -0.4 is 19.5 Å². The van der Waals surface area contributed by atoms with Crippen molar-refractivity contribution in [3.05, 3.63) is 88.5 Å². The number of hydrogen-bond acceptors (Lipinski definition) is 7. The van der Waals surface area contributed by atoms with E-state index in [1.54, 1.807) is 30.3 Å². The Morgan fingerprint density at radius 3 is 2.43 bits per heavy atom. The first-order chi connectivity index (χ1) is 16.7. The van der Waals surface area contributed by atoms with E-state index in [0.29, 0.717) is 23.6 Å². The molecule has 3 rings (SSSR count). The molecule has 35 heavy (non-hydrogen) atoms. The first-order valence-corrected chi connectivity index (χ1v) is 11.9. The molecule has 0 radical (unpaired) electrons. The summed E-state index contributed by atoms with van der Waals surface area (Å²) in [5.41, 5.74) is 0.904. The normalized spacial score (nSPS) is 11.1. The second-order valence-corrected chi connectivity index (χ2v) is 8.75. The quantitative estimate of drug-likeness (QED) is 0.240. The number of rotatable bonds is 10. The number of nitrogens with one attached hydrogen (secondary N) is 2. The van der Waals surface area contributed by atoms with E-state index in [0.717, 1.165) is 0 Å². The Morgan fingerprint density at radius 1 is 1.06 bits per heavy atom. The highest BCUT2D eigenvalue weighted by molar-refractivity contribution is 7.92. The number of nitrogens with zero attached hydrogens (tertiary/aromatic N) is 1. The minimum Gasteiger partial charge on any atom is -0.495 e. The van der Waals surface area contributed by atoms with Gasteiger partial charge in [0, 0.05) is 29.6 Å². The van der Waals surface area contributed by atoms with Crippen molar-refractivity contribution in [1.82, 2.24) is 0 Å². The Hall–Kier alpha value is -4.38. The number of anilines is 2. The molecule has 0 atom stereocenters. The first kappa shape index (κ1) is 25.2. The molecule has 0 fully saturated rings. The van der Waals surface area contributed by atoms with E-state index in [1.165, 1.54) is 55.7 Å². The molecular formula is C24H23N3O7S. The highest BCUT2D eigenvalue weighted by Gasteiger charge is 2.21. The van der Waals surface area contributed by atoms with Crippen LogP contribution in [-0.4, -0.2) is 33.0 Å². The molecule has 0 saturated heterocycles. The van der Waals surface area contributed by atoms with Crippen molar-refractivity contribution < 1.29 is 27.6 Å². The van der Waals surface area contributed by atoms with Gasteiger partial charge in [-0.3, -0.25) is 19.6 Å². The number of sulfonamides is 1. The Bertz CT molecular complexity index is 1350.